The Morgan fingerprint density at radius 1 is 0.730 bits per heavy atom. The van der Waals surface area contributed by atoms with Gasteiger partial charge in [-0.1, -0.05) is 62.0 Å². The summed E-state index contributed by atoms with van der Waals surface area (Å²) in [6.07, 6.45) is 4.80. The highest BCUT2D eigenvalue weighted by Crippen LogP contribution is 2.23. The molecule has 0 fully saturated rings. The summed E-state index contributed by atoms with van der Waals surface area (Å²) in [5.74, 6) is -4.03. The largest absolute Gasteiger partial charge is 0.481 e. The van der Waals surface area contributed by atoms with Crippen LogP contribution >= 0.6 is 0 Å². The first-order chi connectivity index (χ1) is 17.1. The van der Waals surface area contributed by atoms with Crippen LogP contribution in [0.1, 0.15) is 54.4 Å². The zero-order valence-electron chi connectivity index (χ0n) is 22.5. The van der Waals surface area contributed by atoms with Crippen molar-refractivity contribution in [2.24, 2.45) is 17.8 Å². The number of rotatable bonds is 16. The zero-order valence-corrected chi connectivity index (χ0v) is 22.5. The van der Waals surface area contributed by atoms with Gasteiger partial charge < -0.3 is 35.7 Å². The van der Waals surface area contributed by atoms with Crippen LogP contribution in [0.2, 0.25) is 0 Å². The van der Waals surface area contributed by atoms with Crippen LogP contribution in [0.15, 0.2) is 59.3 Å². The van der Waals surface area contributed by atoms with E-state index < -0.39 is 48.4 Å². The average Bonchev–Trinajstić information content (AvgIpc) is 2.84. The van der Waals surface area contributed by atoms with Crippen molar-refractivity contribution >= 4 is 11.9 Å². The van der Waals surface area contributed by atoms with Crippen LogP contribution < -0.4 is 0 Å². The van der Waals surface area contributed by atoms with E-state index in [9.17, 15) is 40.2 Å². The quantitative estimate of drug-likeness (QED) is 0.150. The predicted octanol–water partition coefficient (Wildman–Crippen LogP) is 2.60. The fourth-order valence-electron chi connectivity index (χ4n) is 3.63. The summed E-state index contributed by atoms with van der Waals surface area (Å²) in [4.78, 5) is 22.2. The maximum Gasteiger partial charge on any atom is 0.335 e. The molecule has 0 radical (unpaired) electrons. The lowest BCUT2D eigenvalue weighted by Crippen LogP contribution is -2.32. The first-order valence-corrected chi connectivity index (χ1v) is 12.3. The second-order valence-corrected chi connectivity index (χ2v) is 9.60. The molecule has 0 aromatic carbocycles. The lowest BCUT2D eigenvalue weighted by molar-refractivity contribution is -0.151. The number of aliphatic hydroxyl groups is 5. The van der Waals surface area contributed by atoms with Crippen molar-refractivity contribution in [1.82, 2.24) is 0 Å². The summed E-state index contributed by atoms with van der Waals surface area (Å²) in [6.45, 7) is 10.6. The minimum absolute atomic E-state index is 0.0667. The second-order valence-electron chi connectivity index (χ2n) is 9.60. The lowest BCUT2D eigenvalue weighted by atomic mass is 9.89. The molecule has 0 saturated heterocycles. The first kappa shape index (κ1) is 34.4. The molecule has 7 N–H and O–H groups in total. The minimum Gasteiger partial charge on any atom is -0.481 e. The number of carboxylic acids is 2. The van der Waals surface area contributed by atoms with Gasteiger partial charge in [0.2, 0.25) is 0 Å². The van der Waals surface area contributed by atoms with Gasteiger partial charge in [-0.2, -0.15) is 0 Å². The highest BCUT2D eigenvalue weighted by atomic mass is 16.4. The van der Waals surface area contributed by atoms with E-state index >= 15 is 0 Å². The van der Waals surface area contributed by atoms with E-state index in [1.807, 2.05) is 19.9 Å². The molecule has 8 atom stereocenters. The molecule has 0 heterocycles. The highest BCUT2D eigenvalue weighted by Gasteiger charge is 2.22. The van der Waals surface area contributed by atoms with Crippen molar-refractivity contribution in [1.29, 1.82) is 0 Å². The Morgan fingerprint density at radius 2 is 1.27 bits per heavy atom. The summed E-state index contributed by atoms with van der Waals surface area (Å²) < 4.78 is 0. The van der Waals surface area contributed by atoms with Gasteiger partial charge in [0.05, 0.1) is 24.2 Å². The van der Waals surface area contributed by atoms with Gasteiger partial charge >= 0.3 is 11.9 Å². The third-order valence-electron chi connectivity index (χ3n) is 6.20. The molecule has 0 unspecified atom stereocenters. The Kier molecular flexibility index (Phi) is 15.9. The normalized spacial score (nSPS) is 20.4. The van der Waals surface area contributed by atoms with Gasteiger partial charge in [0, 0.05) is 11.8 Å². The molecule has 0 aromatic heterocycles. The summed E-state index contributed by atoms with van der Waals surface area (Å²) in [7, 11) is 0. The maximum absolute atomic E-state index is 11.6. The van der Waals surface area contributed by atoms with E-state index in [0.29, 0.717) is 17.6 Å². The molecule has 9 nitrogen and oxygen atoms in total. The first-order valence-electron chi connectivity index (χ1n) is 12.3. The monoisotopic (exact) mass is 524 g/mol. The Bertz CT molecular complexity index is 884. The molecule has 0 aromatic rings. The highest BCUT2D eigenvalue weighted by molar-refractivity contribution is 5.73. The van der Waals surface area contributed by atoms with E-state index in [0.717, 1.165) is 11.6 Å². The van der Waals surface area contributed by atoms with E-state index in [1.54, 1.807) is 45.9 Å². The van der Waals surface area contributed by atoms with Crippen molar-refractivity contribution in [3.8, 4) is 0 Å². The fraction of sp³-hybridized carbons (Fsp3) is 0.571. The standard InChI is InChI=1S/C28H44O9/c1-7-16(2)13-21(27(34)35)15-20(6)25(32)19(5)14-18(4)24(31)17(3)11-12-22(29)9-8-10-23(30)26(33)28(36)37/h7-8,10-12,14-15,17,19,21-26,29-33H,9,13H2,1-6H3,(H,34,35)(H,36,37)/b10-8+,12-11+,16-7+,18-14+,20-15+/t17-,19-,21-,22-,23-,24-,25-,26+/m1/s1. The number of hydrogen-bond donors (Lipinski definition) is 7. The average molecular weight is 525 g/mol. The molecule has 0 aliphatic carbocycles. The predicted molar refractivity (Wildman–Crippen MR) is 142 cm³/mol. The number of allylic oxidation sites excluding steroid dienone is 2. The van der Waals surface area contributed by atoms with Crippen molar-refractivity contribution in [3.05, 3.63) is 59.3 Å². The summed E-state index contributed by atoms with van der Waals surface area (Å²) >= 11 is 0. The number of aliphatic carboxylic acids is 2. The van der Waals surface area contributed by atoms with Crippen molar-refractivity contribution in [2.75, 3.05) is 0 Å². The maximum atomic E-state index is 11.6. The van der Waals surface area contributed by atoms with Crippen LogP contribution in [0.5, 0.6) is 0 Å². The molecule has 37 heavy (non-hydrogen) atoms. The number of aliphatic hydroxyl groups excluding tert-OH is 5. The van der Waals surface area contributed by atoms with Crippen LogP contribution in [0.3, 0.4) is 0 Å². The van der Waals surface area contributed by atoms with Gasteiger partial charge in [0.15, 0.2) is 6.10 Å². The molecule has 0 saturated carbocycles. The van der Waals surface area contributed by atoms with Gasteiger partial charge in [-0.3, -0.25) is 4.79 Å². The number of carboxylic acid groups (broad SMARTS) is 2. The smallest absolute Gasteiger partial charge is 0.335 e. The SMILES string of the molecule is C/C=C(\C)C[C@H](/C=C(\C)[C@H](O)[C@H](C)/C=C(\C)[C@H](O)[C@H](C)/C=C/[C@H](O)C/C=C/[C@@H](O)[C@H](O)C(=O)O)C(=O)O. The molecule has 0 spiro atoms. The van der Waals surface area contributed by atoms with E-state index in [1.165, 1.54) is 12.2 Å². The van der Waals surface area contributed by atoms with E-state index in [-0.39, 0.29) is 18.3 Å². The fourth-order valence-corrected chi connectivity index (χ4v) is 3.63. The minimum atomic E-state index is -1.95. The molecule has 9 heteroatoms. The molecule has 0 aliphatic rings. The van der Waals surface area contributed by atoms with Gasteiger partial charge in [-0.05, 0) is 51.7 Å². The van der Waals surface area contributed by atoms with Crippen molar-refractivity contribution < 1.29 is 45.3 Å². The third kappa shape index (κ3) is 13.0. The van der Waals surface area contributed by atoms with E-state index in [4.69, 9.17) is 5.11 Å². The summed E-state index contributed by atoms with van der Waals surface area (Å²) in [6, 6.07) is 0. The number of carbonyl (C=O) groups is 2. The van der Waals surface area contributed by atoms with Crippen molar-refractivity contribution in [2.45, 2.75) is 84.9 Å². The van der Waals surface area contributed by atoms with E-state index in [2.05, 4.69) is 0 Å². The Balaban J connectivity index is 5.15. The van der Waals surface area contributed by atoms with Crippen LogP contribution in [-0.2, 0) is 9.59 Å². The topological polar surface area (TPSA) is 176 Å². The lowest BCUT2D eigenvalue weighted by Gasteiger charge is -2.22. The van der Waals surface area contributed by atoms with Crippen LogP contribution in [0, 0.1) is 17.8 Å². The second kappa shape index (κ2) is 17.0. The summed E-state index contributed by atoms with van der Waals surface area (Å²) in [5, 5.41) is 68.3. The Labute approximate surface area is 219 Å². The molecule has 0 aliphatic heterocycles. The van der Waals surface area contributed by atoms with Crippen LogP contribution in [0.4, 0.5) is 0 Å². The van der Waals surface area contributed by atoms with Gasteiger partial charge in [0.25, 0.3) is 0 Å². The number of hydrogen-bond acceptors (Lipinski definition) is 7. The molecule has 0 amide bonds. The molecule has 210 valence electrons. The molecular formula is C28H44O9. The van der Waals surface area contributed by atoms with Gasteiger partial charge in [-0.15, -0.1) is 0 Å². The Hall–Kier alpha value is -2.56. The van der Waals surface area contributed by atoms with Crippen LogP contribution in [0.25, 0.3) is 0 Å². The van der Waals surface area contributed by atoms with Crippen molar-refractivity contribution in [3.63, 3.8) is 0 Å². The molecule has 0 bridgehead atoms. The van der Waals surface area contributed by atoms with Crippen LogP contribution in [-0.4, -0.2) is 78.2 Å². The van der Waals surface area contributed by atoms with Gasteiger partial charge in [0.1, 0.15) is 6.10 Å². The van der Waals surface area contributed by atoms with Gasteiger partial charge in [-0.25, -0.2) is 4.79 Å². The molecular weight excluding hydrogens is 480 g/mol. The molecule has 0 rings (SSSR count). The zero-order chi connectivity index (χ0) is 28.9. The summed E-state index contributed by atoms with van der Waals surface area (Å²) in [5.41, 5.74) is 2.08. The Morgan fingerprint density at radius 3 is 1.78 bits per heavy atom. The third-order valence-corrected chi connectivity index (χ3v) is 6.20.